The molecule has 0 radical (unpaired) electrons. The van der Waals surface area contributed by atoms with Crippen molar-refractivity contribution in [2.24, 2.45) is 0 Å². The lowest BCUT2D eigenvalue weighted by Gasteiger charge is -2.15. The van der Waals surface area contributed by atoms with Crippen LogP contribution in [0.2, 0.25) is 0 Å². The molecule has 1 fully saturated rings. The zero-order valence-electron chi connectivity index (χ0n) is 11.8. The average Bonchev–Trinajstić information content (AvgIpc) is 2.97. The number of carbonyl (C=O) groups excluding carboxylic acids is 1. The second kappa shape index (κ2) is 6.19. The van der Waals surface area contributed by atoms with Gasteiger partial charge in [-0.1, -0.05) is 42.5 Å². The average molecular weight is 283 g/mol. The third-order valence-corrected chi connectivity index (χ3v) is 4.08. The topological polar surface area (TPSA) is 20.3 Å². The molecule has 3 rings (SSSR count). The highest BCUT2D eigenvalue weighted by Gasteiger charge is 2.25. The zero-order valence-corrected chi connectivity index (χ0v) is 11.8. The first kappa shape index (κ1) is 14.0. The second-order valence-corrected chi connectivity index (χ2v) is 5.56. The van der Waals surface area contributed by atoms with Gasteiger partial charge in [0.05, 0.1) is 6.54 Å². The van der Waals surface area contributed by atoms with Crippen molar-refractivity contribution in [1.82, 2.24) is 4.90 Å². The van der Waals surface area contributed by atoms with Crippen LogP contribution >= 0.6 is 0 Å². The number of hydrogen-bond donors (Lipinski definition) is 0. The summed E-state index contributed by atoms with van der Waals surface area (Å²) in [5.41, 5.74) is 1.92. The van der Waals surface area contributed by atoms with Gasteiger partial charge in [0, 0.05) is 12.1 Å². The molecule has 1 atom stereocenters. The first-order chi connectivity index (χ1) is 10.2. The molecule has 0 spiro atoms. The molecule has 21 heavy (non-hydrogen) atoms. The minimum absolute atomic E-state index is 0.162. The van der Waals surface area contributed by atoms with Crippen molar-refractivity contribution in [3.8, 4) is 0 Å². The van der Waals surface area contributed by atoms with Crippen molar-refractivity contribution in [3.63, 3.8) is 0 Å². The van der Waals surface area contributed by atoms with Gasteiger partial charge in [-0.3, -0.25) is 9.69 Å². The maximum Gasteiger partial charge on any atom is 0.176 e. The number of rotatable bonds is 4. The van der Waals surface area contributed by atoms with Crippen LogP contribution in [-0.4, -0.2) is 30.3 Å². The predicted octanol–water partition coefficient (Wildman–Crippen LogP) is 3.50. The molecule has 1 aliphatic rings. The molecule has 2 nitrogen and oxygen atoms in total. The van der Waals surface area contributed by atoms with Crippen LogP contribution in [0.3, 0.4) is 0 Å². The Morgan fingerprint density at radius 1 is 1.10 bits per heavy atom. The smallest absolute Gasteiger partial charge is 0.176 e. The lowest BCUT2D eigenvalue weighted by molar-refractivity contribution is 0.0944. The van der Waals surface area contributed by atoms with Gasteiger partial charge < -0.3 is 0 Å². The number of carbonyl (C=O) groups is 1. The second-order valence-electron chi connectivity index (χ2n) is 5.56. The summed E-state index contributed by atoms with van der Waals surface area (Å²) in [4.78, 5) is 14.4. The van der Waals surface area contributed by atoms with E-state index in [0.717, 1.165) is 30.6 Å². The predicted molar refractivity (Wildman–Crippen MR) is 81.0 cm³/mol. The number of benzene rings is 2. The van der Waals surface area contributed by atoms with Crippen LogP contribution in [0, 0.1) is 5.82 Å². The third kappa shape index (κ3) is 3.37. The summed E-state index contributed by atoms with van der Waals surface area (Å²) in [5, 5.41) is 0. The summed E-state index contributed by atoms with van der Waals surface area (Å²) >= 11 is 0. The first-order valence-corrected chi connectivity index (χ1v) is 7.28. The molecule has 0 amide bonds. The number of Topliss-reactive ketones (excluding diaryl/α,β-unsaturated/α-hetero) is 1. The van der Waals surface area contributed by atoms with Crippen molar-refractivity contribution >= 4 is 5.78 Å². The van der Waals surface area contributed by atoms with Crippen LogP contribution in [0.15, 0.2) is 54.6 Å². The van der Waals surface area contributed by atoms with Gasteiger partial charge in [-0.15, -0.1) is 0 Å². The monoisotopic (exact) mass is 283 g/mol. The van der Waals surface area contributed by atoms with Gasteiger partial charge in [0.15, 0.2) is 5.78 Å². The molecule has 0 saturated carbocycles. The number of halogens is 1. The lowest BCUT2D eigenvalue weighted by atomic mass is 9.99. The number of likely N-dealkylation sites (tertiary alicyclic amines) is 1. The highest BCUT2D eigenvalue weighted by molar-refractivity contribution is 5.97. The zero-order chi connectivity index (χ0) is 14.7. The number of hydrogen-bond acceptors (Lipinski definition) is 2. The minimum atomic E-state index is -0.201. The molecule has 0 bridgehead atoms. The molecule has 1 aliphatic heterocycles. The molecule has 1 heterocycles. The van der Waals surface area contributed by atoms with E-state index in [-0.39, 0.29) is 11.6 Å². The van der Waals surface area contributed by atoms with E-state index in [1.165, 1.54) is 12.1 Å². The Bertz CT molecular complexity index is 609. The molecule has 1 unspecified atom stereocenters. The largest absolute Gasteiger partial charge is 0.295 e. The quantitative estimate of drug-likeness (QED) is 0.800. The molecular formula is C18H18FNO. The minimum Gasteiger partial charge on any atom is -0.295 e. The van der Waals surface area contributed by atoms with Crippen LogP contribution in [-0.2, 0) is 0 Å². The Balaban J connectivity index is 1.60. The molecule has 0 aliphatic carbocycles. The summed E-state index contributed by atoms with van der Waals surface area (Å²) in [6.45, 7) is 2.24. The van der Waals surface area contributed by atoms with E-state index in [2.05, 4.69) is 4.90 Å². The summed E-state index contributed by atoms with van der Waals surface area (Å²) < 4.78 is 13.0. The van der Waals surface area contributed by atoms with Crippen molar-refractivity contribution in [3.05, 3.63) is 71.5 Å². The fourth-order valence-corrected chi connectivity index (χ4v) is 2.90. The van der Waals surface area contributed by atoms with E-state index in [0.29, 0.717) is 12.5 Å². The fraction of sp³-hybridized carbons (Fsp3) is 0.278. The summed E-state index contributed by atoms with van der Waals surface area (Å²) in [6, 6.07) is 16.1. The Kier molecular flexibility index (Phi) is 4.11. The third-order valence-electron chi connectivity index (χ3n) is 4.08. The SMILES string of the molecule is O=C(CN1CCC(c2ccc(F)cc2)C1)c1ccccc1. The van der Waals surface area contributed by atoms with Crippen molar-refractivity contribution in [2.45, 2.75) is 12.3 Å². The standard InChI is InChI=1S/C18H18FNO/c19-17-8-6-14(7-9-17)16-10-11-20(12-16)13-18(21)15-4-2-1-3-5-15/h1-9,16H,10-13H2. The van der Waals surface area contributed by atoms with Gasteiger partial charge in [-0.2, -0.15) is 0 Å². The van der Waals surface area contributed by atoms with E-state index in [9.17, 15) is 9.18 Å². The van der Waals surface area contributed by atoms with Gasteiger partial charge >= 0.3 is 0 Å². The van der Waals surface area contributed by atoms with Gasteiger partial charge in [-0.25, -0.2) is 4.39 Å². The Morgan fingerprint density at radius 2 is 1.81 bits per heavy atom. The summed E-state index contributed by atoms with van der Waals surface area (Å²) in [6.07, 6.45) is 1.02. The molecule has 108 valence electrons. The highest BCUT2D eigenvalue weighted by Crippen LogP contribution is 2.27. The van der Waals surface area contributed by atoms with E-state index in [4.69, 9.17) is 0 Å². The normalized spacial score (nSPS) is 18.8. The maximum absolute atomic E-state index is 13.0. The van der Waals surface area contributed by atoms with Crippen molar-refractivity contribution in [1.29, 1.82) is 0 Å². The van der Waals surface area contributed by atoms with Crippen LogP contribution in [0.4, 0.5) is 4.39 Å². The highest BCUT2D eigenvalue weighted by atomic mass is 19.1. The van der Waals surface area contributed by atoms with Crippen LogP contribution < -0.4 is 0 Å². The first-order valence-electron chi connectivity index (χ1n) is 7.28. The van der Waals surface area contributed by atoms with E-state index in [1.54, 1.807) is 0 Å². The van der Waals surface area contributed by atoms with Gasteiger partial charge in [-0.05, 0) is 36.6 Å². The Labute approximate surface area is 124 Å². The summed E-state index contributed by atoms with van der Waals surface area (Å²) in [5.74, 6) is 0.359. The van der Waals surface area contributed by atoms with Gasteiger partial charge in [0.25, 0.3) is 0 Å². The lowest BCUT2D eigenvalue weighted by Crippen LogP contribution is -2.27. The molecule has 1 saturated heterocycles. The molecule has 2 aromatic rings. The van der Waals surface area contributed by atoms with Crippen molar-refractivity contribution < 1.29 is 9.18 Å². The maximum atomic E-state index is 13.0. The van der Waals surface area contributed by atoms with Crippen LogP contribution in [0.25, 0.3) is 0 Å². The molecular weight excluding hydrogens is 265 g/mol. The van der Waals surface area contributed by atoms with Gasteiger partial charge in [0.1, 0.15) is 5.82 Å². The number of nitrogens with zero attached hydrogens (tertiary/aromatic N) is 1. The molecule has 0 aromatic heterocycles. The molecule has 2 aromatic carbocycles. The van der Waals surface area contributed by atoms with E-state index < -0.39 is 0 Å². The Hall–Kier alpha value is -2.00. The Morgan fingerprint density at radius 3 is 2.52 bits per heavy atom. The molecule has 3 heteroatoms. The summed E-state index contributed by atoms with van der Waals surface area (Å²) in [7, 11) is 0. The van der Waals surface area contributed by atoms with Gasteiger partial charge in [0.2, 0.25) is 0 Å². The van der Waals surface area contributed by atoms with E-state index in [1.807, 2.05) is 42.5 Å². The fourth-order valence-electron chi connectivity index (χ4n) is 2.90. The number of ketones is 1. The molecule has 0 N–H and O–H groups in total. The van der Waals surface area contributed by atoms with Crippen LogP contribution in [0.5, 0.6) is 0 Å². The van der Waals surface area contributed by atoms with Crippen molar-refractivity contribution in [2.75, 3.05) is 19.6 Å². The van der Waals surface area contributed by atoms with Crippen LogP contribution in [0.1, 0.15) is 28.3 Å². The van der Waals surface area contributed by atoms with E-state index >= 15 is 0 Å².